The van der Waals surface area contributed by atoms with Crippen LogP contribution < -0.4 is 0 Å². The van der Waals surface area contributed by atoms with Crippen LogP contribution in [0.15, 0.2) is 82.9 Å². The van der Waals surface area contributed by atoms with E-state index in [0.717, 1.165) is 34.6 Å². The number of halogens is 1. The lowest BCUT2D eigenvalue weighted by molar-refractivity contribution is -0.134. The van der Waals surface area contributed by atoms with Gasteiger partial charge in [-0.3, -0.25) is 0 Å². The maximum Gasteiger partial charge on any atom is 0.330 e. The molecular weight excluding hydrogens is 578 g/mol. The van der Waals surface area contributed by atoms with Gasteiger partial charge in [-0.15, -0.1) is 0 Å². The molecule has 0 aromatic heterocycles. The van der Waals surface area contributed by atoms with Gasteiger partial charge in [-0.05, 0) is 37.5 Å². The molecule has 0 fully saturated rings. The van der Waals surface area contributed by atoms with Gasteiger partial charge in [0, 0.05) is 24.0 Å². The quantitative estimate of drug-likeness (QED) is 0.0924. The summed E-state index contributed by atoms with van der Waals surface area (Å²) in [6, 6.07) is 19.9. The topological polar surface area (TPSA) is 63.7 Å². The number of hydrogen-bond donors (Lipinski definition) is 0. The summed E-state index contributed by atoms with van der Waals surface area (Å²) in [6.07, 6.45) is 6.15. The lowest BCUT2D eigenvalue weighted by Gasteiger charge is -2.33. The maximum atomic E-state index is 14.2. The summed E-state index contributed by atoms with van der Waals surface area (Å²) in [4.78, 5) is 12.1. The van der Waals surface area contributed by atoms with Crippen LogP contribution in [0.5, 0.6) is 0 Å². The monoisotopic (exact) mass is 619 g/mol. The molecule has 5 nitrogen and oxygen atoms in total. The average Bonchev–Trinajstić information content (AvgIpc) is 2.93. The molecule has 38 heavy (non-hydrogen) atoms. The zero-order chi connectivity index (χ0) is 28.2. The number of aryl methyl sites for hydroxylation is 1. The van der Waals surface area contributed by atoms with Crippen molar-refractivity contribution in [1.82, 2.24) is 4.31 Å². The second-order valence-corrected chi connectivity index (χ2v) is 17.4. The van der Waals surface area contributed by atoms with Crippen LogP contribution in [0.1, 0.15) is 38.3 Å². The van der Waals surface area contributed by atoms with Gasteiger partial charge in [0.2, 0.25) is 10.0 Å². The SMILES string of the molecule is CC[Si](CC)(CC)/C(=C/CN([C@H](C/C=C\C(=O)OC)Cc1ccccc1)S(=O)(=O)c1ccc(C)cc1)CBr. The maximum absolute atomic E-state index is 14.2. The van der Waals surface area contributed by atoms with E-state index in [0.29, 0.717) is 12.8 Å². The Bertz CT molecular complexity index is 1170. The molecule has 0 amide bonds. The smallest absolute Gasteiger partial charge is 0.330 e. The van der Waals surface area contributed by atoms with E-state index in [9.17, 15) is 13.2 Å². The van der Waals surface area contributed by atoms with Gasteiger partial charge >= 0.3 is 5.97 Å². The molecule has 0 N–H and O–H groups in total. The Kier molecular flexibility index (Phi) is 13.2. The van der Waals surface area contributed by atoms with Crippen molar-refractivity contribution >= 4 is 40.0 Å². The van der Waals surface area contributed by atoms with Crippen molar-refractivity contribution in [2.24, 2.45) is 0 Å². The van der Waals surface area contributed by atoms with Crippen LogP contribution in [0.25, 0.3) is 0 Å². The summed E-state index contributed by atoms with van der Waals surface area (Å²) >= 11 is 3.72. The number of alkyl halides is 1. The van der Waals surface area contributed by atoms with Gasteiger partial charge in [0.05, 0.1) is 20.1 Å². The fraction of sp³-hybridized carbons (Fsp3) is 0.433. The lowest BCUT2D eigenvalue weighted by atomic mass is 10.0. The Morgan fingerprint density at radius 2 is 1.63 bits per heavy atom. The van der Waals surface area contributed by atoms with E-state index in [1.165, 1.54) is 18.4 Å². The van der Waals surface area contributed by atoms with Gasteiger partial charge in [0.15, 0.2) is 0 Å². The highest BCUT2D eigenvalue weighted by molar-refractivity contribution is 9.09. The van der Waals surface area contributed by atoms with E-state index in [1.807, 2.05) is 49.4 Å². The predicted molar refractivity (Wildman–Crippen MR) is 164 cm³/mol. The van der Waals surface area contributed by atoms with E-state index in [1.54, 1.807) is 22.5 Å². The van der Waals surface area contributed by atoms with Crippen molar-refractivity contribution in [3.63, 3.8) is 0 Å². The molecule has 1 atom stereocenters. The van der Waals surface area contributed by atoms with Crippen LogP contribution in [0, 0.1) is 6.92 Å². The van der Waals surface area contributed by atoms with Crippen LogP contribution in [0.3, 0.4) is 0 Å². The Labute approximate surface area is 239 Å². The first-order valence-corrected chi connectivity index (χ1v) is 18.5. The van der Waals surface area contributed by atoms with Crippen LogP contribution >= 0.6 is 15.9 Å². The molecule has 2 rings (SSSR count). The number of nitrogens with zero attached hydrogens (tertiary/aromatic N) is 1. The first-order valence-electron chi connectivity index (χ1n) is 13.3. The molecule has 208 valence electrons. The molecule has 0 saturated heterocycles. The van der Waals surface area contributed by atoms with Gasteiger partial charge in [-0.1, -0.05) is 120 Å². The number of sulfonamides is 1. The molecule has 0 saturated carbocycles. The third-order valence-corrected chi connectivity index (χ3v) is 16.4. The van der Waals surface area contributed by atoms with Crippen molar-refractivity contribution < 1.29 is 17.9 Å². The number of ether oxygens (including phenoxy) is 1. The van der Waals surface area contributed by atoms with E-state index in [4.69, 9.17) is 4.74 Å². The molecule has 0 unspecified atom stereocenters. The van der Waals surface area contributed by atoms with Gasteiger partial charge < -0.3 is 4.74 Å². The van der Waals surface area contributed by atoms with Gasteiger partial charge in [0.1, 0.15) is 0 Å². The molecule has 0 bridgehead atoms. The molecular formula is C30H42BrNO4SSi. The molecule has 0 aliphatic heterocycles. The minimum absolute atomic E-state index is 0.273. The van der Waals surface area contributed by atoms with Gasteiger partial charge in [-0.25, -0.2) is 13.2 Å². The Morgan fingerprint density at radius 1 is 1.03 bits per heavy atom. The number of carbonyl (C=O) groups excluding carboxylic acids is 1. The van der Waals surface area contributed by atoms with E-state index < -0.39 is 30.1 Å². The molecule has 0 aliphatic carbocycles. The summed E-state index contributed by atoms with van der Waals surface area (Å²) in [6.45, 7) is 8.99. The lowest BCUT2D eigenvalue weighted by Crippen LogP contribution is -2.42. The van der Waals surface area contributed by atoms with E-state index in [-0.39, 0.29) is 11.4 Å². The molecule has 0 radical (unpaired) electrons. The number of carbonyl (C=O) groups is 1. The highest BCUT2D eigenvalue weighted by Gasteiger charge is 2.33. The second-order valence-electron chi connectivity index (χ2n) is 9.60. The summed E-state index contributed by atoms with van der Waals surface area (Å²) in [5.41, 5.74) is 2.04. The fourth-order valence-corrected chi connectivity index (χ4v) is 12.2. The summed E-state index contributed by atoms with van der Waals surface area (Å²) in [5, 5.41) is 2.11. The molecule has 0 aliphatic rings. The summed E-state index contributed by atoms with van der Waals surface area (Å²) in [7, 11) is -4.19. The zero-order valence-corrected chi connectivity index (χ0v) is 26.7. The third-order valence-electron chi connectivity index (χ3n) is 7.59. The Hall–Kier alpha value is -2.00. The number of methoxy groups -OCH3 is 1. The standard InChI is InChI=1S/C30H42BrNO4SSi/c1-6-38(7-2,8-3)29(24-31)21-22-32(37(34,35)28-19-17-25(4)18-20-28)27(15-12-16-30(33)36-5)23-26-13-10-9-11-14-26/h9-14,16-21,27H,6-8,15,22-24H2,1-5H3/b16-12-,29-21+/t27-/m1/s1. The largest absolute Gasteiger partial charge is 0.466 e. The Morgan fingerprint density at radius 3 is 2.16 bits per heavy atom. The van der Waals surface area contributed by atoms with Crippen LogP contribution in [0.2, 0.25) is 18.1 Å². The molecule has 0 spiro atoms. The molecule has 0 heterocycles. The second kappa shape index (κ2) is 15.6. The van der Waals surface area contributed by atoms with Gasteiger partial charge in [0.25, 0.3) is 0 Å². The highest BCUT2D eigenvalue weighted by Crippen LogP contribution is 2.31. The summed E-state index contributed by atoms with van der Waals surface area (Å²) < 4.78 is 34.7. The first-order chi connectivity index (χ1) is 18.2. The van der Waals surface area contributed by atoms with Crippen LogP contribution in [-0.4, -0.2) is 51.8 Å². The number of rotatable bonds is 15. The van der Waals surface area contributed by atoms with Crippen molar-refractivity contribution in [2.75, 3.05) is 19.0 Å². The minimum Gasteiger partial charge on any atom is -0.466 e. The van der Waals surface area contributed by atoms with Crippen LogP contribution in [0.4, 0.5) is 0 Å². The van der Waals surface area contributed by atoms with Crippen molar-refractivity contribution in [1.29, 1.82) is 0 Å². The van der Waals surface area contributed by atoms with Gasteiger partial charge in [-0.2, -0.15) is 4.31 Å². The number of allylic oxidation sites excluding steroid dienone is 1. The molecule has 2 aromatic rings. The van der Waals surface area contributed by atoms with Crippen LogP contribution in [-0.2, 0) is 26.0 Å². The van der Waals surface area contributed by atoms with E-state index >= 15 is 0 Å². The van der Waals surface area contributed by atoms with E-state index in [2.05, 4.69) is 42.8 Å². The third kappa shape index (κ3) is 8.50. The van der Waals surface area contributed by atoms with Crippen molar-refractivity contribution in [3.8, 4) is 0 Å². The predicted octanol–water partition coefficient (Wildman–Crippen LogP) is 7.09. The van der Waals surface area contributed by atoms with Crippen molar-refractivity contribution in [3.05, 3.63) is 89.1 Å². The first kappa shape index (κ1) is 32.2. The molecule has 2 aromatic carbocycles. The number of benzene rings is 2. The minimum atomic E-state index is -3.82. The Balaban J connectivity index is 2.63. The molecule has 8 heteroatoms. The zero-order valence-electron chi connectivity index (χ0n) is 23.3. The average molecular weight is 621 g/mol. The number of hydrogen-bond acceptors (Lipinski definition) is 4. The fourth-order valence-electron chi connectivity index (χ4n) is 4.91. The number of esters is 1. The normalized spacial score (nSPS) is 13.7. The highest BCUT2D eigenvalue weighted by atomic mass is 79.9. The summed E-state index contributed by atoms with van der Waals surface area (Å²) in [5.74, 6) is -0.456. The van der Waals surface area contributed by atoms with Crippen molar-refractivity contribution in [2.45, 2.75) is 69.6 Å².